The topological polar surface area (TPSA) is 97.4 Å². The smallest absolute Gasteiger partial charge is 0.257 e. The molecule has 1 aliphatic rings. The number of hydrogen-bond donors (Lipinski definition) is 1. The van der Waals surface area contributed by atoms with Crippen molar-refractivity contribution in [2.24, 2.45) is 5.92 Å². The molecular formula is C23H35N3O6. The minimum Gasteiger partial charge on any atom is -0.491 e. The molecule has 0 aliphatic carbocycles. The average molecular weight is 450 g/mol. The zero-order valence-electron chi connectivity index (χ0n) is 19.8. The number of anilines is 1. The van der Waals surface area contributed by atoms with Gasteiger partial charge in [-0.05, 0) is 19.1 Å². The summed E-state index contributed by atoms with van der Waals surface area (Å²) in [5.41, 5.74) is 0.867. The Bertz CT molecular complexity index is 815. The number of rotatable bonds is 5. The Labute approximate surface area is 190 Å². The maximum Gasteiger partial charge on any atom is 0.257 e. The van der Waals surface area contributed by atoms with Crippen LogP contribution < -0.4 is 10.1 Å². The van der Waals surface area contributed by atoms with Crippen LogP contribution in [0.5, 0.6) is 5.75 Å². The van der Waals surface area contributed by atoms with Crippen LogP contribution in [-0.4, -0.2) is 87.2 Å². The zero-order valence-corrected chi connectivity index (χ0v) is 19.8. The molecule has 9 heteroatoms. The molecule has 2 rings (SSSR count). The molecule has 0 fully saturated rings. The van der Waals surface area contributed by atoms with Crippen molar-refractivity contribution in [1.82, 2.24) is 9.80 Å². The third-order valence-corrected chi connectivity index (χ3v) is 5.63. The van der Waals surface area contributed by atoms with Crippen molar-refractivity contribution in [2.45, 2.75) is 39.3 Å². The second-order valence-electron chi connectivity index (χ2n) is 8.19. The first-order chi connectivity index (χ1) is 15.2. The van der Waals surface area contributed by atoms with Gasteiger partial charge in [-0.1, -0.05) is 13.8 Å². The fourth-order valence-corrected chi connectivity index (χ4v) is 3.73. The SMILES string of the molecule is CCC(=O)N1C[C@H](C)[C@@H](OC)CN(C)C(=O)c2ccc(NC(=O)COC)cc2OC[C@@H]1C. The van der Waals surface area contributed by atoms with Crippen LogP contribution in [0.15, 0.2) is 18.2 Å². The van der Waals surface area contributed by atoms with E-state index in [0.717, 1.165) is 0 Å². The highest BCUT2D eigenvalue weighted by Gasteiger charge is 2.29. The number of carbonyl (C=O) groups excluding carboxylic acids is 3. The molecule has 3 atom stereocenters. The number of nitrogens with zero attached hydrogens (tertiary/aromatic N) is 2. The van der Waals surface area contributed by atoms with Crippen molar-refractivity contribution < 1.29 is 28.6 Å². The Morgan fingerprint density at radius 3 is 2.56 bits per heavy atom. The highest BCUT2D eigenvalue weighted by molar-refractivity contribution is 5.98. The summed E-state index contributed by atoms with van der Waals surface area (Å²) in [5.74, 6) is -0.126. The van der Waals surface area contributed by atoms with Crippen LogP contribution >= 0.6 is 0 Å². The van der Waals surface area contributed by atoms with E-state index in [-0.39, 0.29) is 49.0 Å². The van der Waals surface area contributed by atoms with Gasteiger partial charge >= 0.3 is 0 Å². The molecule has 32 heavy (non-hydrogen) atoms. The largest absolute Gasteiger partial charge is 0.491 e. The lowest BCUT2D eigenvalue weighted by Crippen LogP contribution is -2.48. The first-order valence-electron chi connectivity index (χ1n) is 10.8. The normalized spacial score (nSPS) is 22.3. The van der Waals surface area contributed by atoms with Gasteiger partial charge in [0.05, 0.1) is 17.7 Å². The first-order valence-corrected chi connectivity index (χ1v) is 10.8. The second-order valence-corrected chi connectivity index (χ2v) is 8.19. The molecule has 1 N–H and O–H groups in total. The molecule has 0 spiro atoms. The van der Waals surface area contributed by atoms with Gasteiger partial charge in [0.2, 0.25) is 11.8 Å². The highest BCUT2D eigenvalue weighted by Crippen LogP contribution is 2.27. The third kappa shape index (κ3) is 6.43. The predicted molar refractivity (Wildman–Crippen MR) is 121 cm³/mol. The van der Waals surface area contributed by atoms with Crippen LogP contribution in [0.4, 0.5) is 5.69 Å². The molecule has 0 aromatic heterocycles. The quantitative estimate of drug-likeness (QED) is 0.739. The maximum atomic E-state index is 13.2. The molecule has 1 aromatic rings. The van der Waals surface area contributed by atoms with E-state index in [2.05, 4.69) is 5.32 Å². The van der Waals surface area contributed by atoms with Gasteiger partial charge in [0.15, 0.2) is 0 Å². The molecule has 9 nitrogen and oxygen atoms in total. The Morgan fingerprint density at radius 1 is 1.22 bits per heavy atom. The molecule has 0 bridgehead atoms. The van der Waals surface area contributed by atoms with E-state index in [1.165, 1.54) is 7.11 Å². The van der Waals surface area contributed by atoms with Gasteiger partial charge in [0.1, 0.15) is 19.0 Å². The molecule has 0 saturated carbocycles. The molecule has 1 aromatic carbocycles. The average Bonchev–Trinajstić information content (AvgIpc) is 2.77. The number of fused-ring (bicyclic) bond motifs is 1. The van der Waals surface area contributed by atoms with Gasteiger partial charge in [-0.2, -0.15) is 0 Å². The standard InChI is InChI=1S/C23H35N3O6/c1-7-22(28)26-11-15(2)20(31-6)12-25(4)23(29)18-9-8-17(24-21(27)14-30-5)10-19(18)32-13-16(26)3/h8-10,15-16,20H,7,11-14H2,1-6H3,(H,24,27)/t15-,16-,20-/m0/s1. The number of ether oxygens (including phenoxy) is 3. The van der Waals surface area contributed by atoms with E-state index in [9.17, 15) is 14.4 Å². The Kier molecular flexibility index (Phi) is 9.46. The zero-order chi connectivity index (χ0) is 23.8. The number of methoxy groups -OCH3 is 2. The fourth-order valence-electron chi connectivity index (χ4n) is 3.73. The van der Waals surface area contributed by atoms with E-state index < -0.39 is 0 Å². The van der Waals surface area contributed by atoms with E-state index >= 15 is 0 Å². The van der Waals surface area contributed by atoms with Crippen molar-refractivity contribution >= 4 is 23.4 Å². The number of carbonyl (C=O) groups is 3. The van der Waals surface area contributed by atoms with E-state index in [4.69, 9.17) is 14.2 Å². The second kappa shape index (κ2) is 11.8. The summed E-state index contributed by atoms with van der Waals surface area (Å²) in [6, 6.07) is 4.69. The van der Waals surface area contributed by atoms with Crippen LogP contribution in [-0.2, 0) is 19.1 Å². The number of hydrogen-bond acceptors (Lipinski definition) is 6. The summed E-state index contributed by atoms with van der Waals surface area (Å²) >= 11 is 0. The molecule has 1 heterocycles. The molecule has 0 radical (unpaired) electrons. The molecule has 0 unspecified atom stereocenters. The molecule has 0 saturated heterocycles. The molecular weight excluding hydrogens is 414 g/mol. The Morgan fingerprint density at radius 2 is 1.94 bits per heavy atom. The minimum absolute atomic E-state index is 0.0190. The summed E-state index contributed by atoms with van der Waals surface area (Å²) < 4.78 is 16.6. The Hall–Kier alpha value is -2.65. The van der Waals surface area contributed by atoms with Gasteiger partial charge < -0.3 is 29.3 Å². The van der Waals surface area contributed by atoms with Crippen molar-refractivity contribution in [1.29, 1.82) is 0 Å². The summed E-state index contributed by atoms with van der Waals surface area (Å²) in [6.45, 7) is 6.76. The van der Waals surface area contributed by atoms with E-state index in [0.29, 0.717) is 36.5 Å². The van der Waals surface area contributed by atoms with Crippen molar-refractivity contribution in [3.05, 3.63) is 23.8 Å². The van der Waals surface area contributed by atoms with Crippen LogP contribution in [0.1, 0.15) is 37.6 Å². The monoisotopic (exact) mass is 449 g/mol. The van der Waals surface area contributed by atoms with E-state index in [1.807, 2.05) is 25.7 Å². The highest BCUT2D eigenvalue weighted by atomic mass is 16.5. The van der Waals surface area contributed by atoms with Gasteiger partial charge in [-0.25, -0.2) is 0 Å². The lowest BCUT2D eigenvalue weighted by molar-refractivity contribution is -0.135. The number of amides is 3. The third-order valence-electron chi connectivity index (χ3n) is 5.63. The van der Waals surface area contributed by atoms with Gasteiger partial charge in [-0.3, -0.25) is 14.4 Å². The number of likely N-dealkylation sites (N-methyl/N-ethyl adjacent to an activating group) is 1. The van der Waals surface area contributed by atoms with Gasteiger partial charge in [0.25, 0.3) is 5.91 Å². The van der Waals surface area contributed by atoms with Crippen molar-refractivity contribution in [3.8, 4) is 5.75 Å². The van der Waals surface area contributed by atoms with Gasteiger partial charge in [-0.15, -0.1) is 0 Å². The molecule has 3 amide bonds. The fraction of sp³-hybridized carbons (Fsp3) is 0.609. The number of nitrogens with one attached hydrogen (secondary N) is 1. The summed E-state index contributed by atoms with van der Waals surface area (Å²) in [7, 11) is 4.77. The number of benzene rings is 1. The Balaban J connectivity index is 2.42. The molecule has 178 valence electrons. The van der Waals surface area contributed by atoms with Gasteiger partial charge in [0, 0.05) is 58.4 Å². The lowest BCUT2D eigenvalue weighted by Gasteiger charge is -2.36. The summed E-state index contributed by atoms with van der Waals surface area (Å²) in [5, 5.41) is 2.72. The molecule has 1 aliphatic heterocycles. The summed E-state index contributed by atoms with van der Waals surface area (Å²) in [6.07, 6.45) is 0.152. The maximum absolute atomic E-state index is 13.2. The van der Waals surface area contributed by atoms with Crippen molar-refractivity contribution in [2.75, 3.05) is 52.9 Å². The summed E-state index contributed by atoms with van der Waals surface area (Å²) in [4.78, 5) is 41.1. The lowest BCUT2D eigenvalue weighted by atomic mass is 10.0. The van der Waals surface area contributed by atoms with E-state index in [1.54, 1.807) is 37.3 Å². The minimum atomic E-state index is -0.311. The van der Waals surface area contributed by atoms with Crippen LogP contribution in [0.2, 0.25) is 0 Å². The van der Waals surface area contributed by atoms with Crippen LogP contribution in [0.25, 0.3) is 0 Å². The predicted octanol–water partition coefficient (Wildman–Crippen LogP) is 2.01. The first kappa shape index (κ1) is 25.6. The van der Waals surface area contributed by atoms with Crippen molar-refractivity contribution in [3.63, 3.8) is 0 Å². The van der Waals surface area contributed by atoms with Crippen LogP contribution in [0, 0.1) is 5.92 Å². The van der Waals surface area contributed by atoms with Crippen LogP contribution in [0.3, 0.4) is 0 Å².